The maximum absolute atomic E-state index is 10.9. The lowest BCUT2D eigenvalue weighted by Gasteiger charge is -2.09. The van der Waals surface area contributed by atoms with E-state index in [4.69, 9.17) is 4.74 Å². The van der Waals surface area contributed by atoms with Crippen LogP contribution < -0.4 is 4.74 Å². The van der Waals surface area contributed by atoms with Gasteiger partial charge in [0.05, 0.1) is 11.5 Å². The van der Waals surface area contributed by atoms with Gasteiger partial charge >= 0.3 is 5.69 Å². The molecule has 19 heavy (non-hydrogen) atoms. The standard InChI is InChI=1S/C13H12N2O4/c1-9-4-5-11(15(17)18)12(7-9)19-13-10(8-16)3-2-6-14-13/h2-7,16H,8H2,1H3. The number of ether oxygens (including phenoxy) is 1. The second-order valence-corrected chi connectivity index (χ2v) is 3.96. The molecule has 0 spiro atoms. The molecule has 2 aromatic rings. The van der Waals surface area contributed by atoms with Crippen molar-refractivity contribution in [1.82, 2.24) is 4.98 Å². The summed E-state index contributed by atoms with van der Waals surface area (Å²) in [5.41, 5.74) is 1.17. The van der Waals surface area contributed by atoms with Gasteiger partial charge in [-0.2, -0.15) is 0 Å². The van der Waals surface area contributed by atoms with Crippen molar-refractivity contribution in [3.05, 3.63) is 57.8 Å². The number of aromatic nitrogens is 1. The second-order valence-electron chi connectivity index (χ2n) is 3.96. The molecule has 1 aromatic heterocycles. The number of hydrogen-bond acceptors (Lipinski definition) is 5. The fourth-order valence-electron chi connectivity index (χ4n) is 1.59. The van der Waals surface area contributed by atoms with E-state index in [1.54, 1.807) is 24.3 Å². The average Bonchev–Trinajstić information content (AvgIpc) is 2.39. The topological polar surface area (TPSA) is 85.5 Å². The summed E-state index contributed by atoms with van der Waals surface area (Å²) in [6.07, 6.45) is 1.50. The monoisotopic (exact) mass is 260 g/mol. The van der Waals surface area contributed by atoms with Gasteiger partial charge in [0, 0.05) is 17.8 Å². The molecule has 0 radical (unpaired) electrons. The molecular formula is C13H12N2O4. The third-order valence-corrected chi connectivity index (χ3v) is 2.54. The Bertz CT molecular complexity index is 613. The number of nitro groups is 1. The lowest BCUT2D eigenvalue weighted by molar-refractivity contribution is -0.385. The highest BCUT2D eigenvalue weighted by molar-refractivity contribution is 5.50. The summed E-state index contributed by atoms with van der Waals surface area (Å²) in [5, 5.41) is 20.1. The van der Waals surface area contributed by atoms with Crippen LogP contribution in [-0.2, 0) is 6.61 Å². The predicted molar refractivity (Wildman–Crippen MR) is 68.1 cm³/mol. The Labute approximate surface area is 109 Å². The second kappa shape index (κ2) is 5.45. The Kier molecular flexibility index (Phi) is 3.72. The van der Waals surface area contributed by atoms with Crippen LogP contribution in [0.1, 0.15) is 11.1 Å². The molecule has 0 amide bonds. The summed E-state index contributed by atoms with van der Waals surface area (Å²) in [4.78, 5) is 14.4. The van der Waals surface area contributed by atoms with Crippen molar-refractivity contribution >= 4 is 5.69 Å². The van der Waals surface area contributed by atoms with Gasteiger partial charge in [0.1, 0.15) is 0 Å². The zero-order valence-electron chi connectivity index (χ0n) is 10.2. The van der Waals surface area contributed by atoms with E-state index in [2.05, 4.69) is 4.98 Å². The van der Waals surface area contributed by atoms with Gasteiger partial charge in [0.2, 0.25) is 11.6 Å². The summed E-state index contributed by atoms with van der Waals surface area (Å²) in [5.74, 6) is 0.275. The number of aliphatic hydroxyl groups excluding tert-OH is 1. The first-order valence-corrected chi connectivity index (χ1v) is 5.59. The highest BCUT2D eigenvalue weighted by Gasteiger charge is 2.17. The van der Waals surface area contributed by atoms with Crippen LogP contribution in [0.2, 0.25) is 0 Å². The Morgan fingerprint density at radius 3 is 2.89 bits per heavy atom. The van der Waals surface area contributed by atoms with Gasteiger partial charge in [-0.05, 0) is 30.7 Å². The van der Waals surface area contributed by atoms with Crippen LogP contribution in [0.25, 0.3) is 0 Å². The highest BCUT2D eigenvalue weighted by Crippen LogP contribution is 2.32. The van der Waals surface area contributed by atoms with Crippen LogP contribution >= 0.6 is 0 Å². The summed E-state index contributed by atoms with van der Waals surface area (Å²) in [6.45, 7) is 1.56. The van der Waals surface area contributed by atoms with Crippen molar-refractivity contribution in [2.45, 2.75) is 13.5 Å². The Morgan fingerprint density at radius 1 is 1.42 bits per heavy atom. The van der Waals surface area contributed by atoms with Crippen LogP contribution in [0.15, 0.2) is 36.5 Å². The Morgan fingerprint density at radius 2 is 2.21 bits per heavy atom. The third kappa shape index (κ3) is 2.86. The zero-order valence-corrected chi connectivity index (χ0v) is 10.2. The minimum Gasteiger partial charge on any atom is -0.431 e. The smallest absolute Gasteiger partial charge is 0.311 e. The van der Waals surface area contributed by atoms with Crippen LogP contribution in [0.4, 0.5) is 5.69 Å². The fourth-order valence-corrected chi connectivity index (χ4v) is 1.59. The lowest BCUT2D eigenvalue weighted by atomic mass is 10.2. The van der Waals surface area contributed by atoms with Gasteiger partial charge in [0.15, 0.2) is 0 Å². The van der Waals surface area contributed by atoms with Gasteiger partial charge in [-0.1, -0.05) is 6.07 Å². The lowest BCUT2D eigenvalue weighted by Crippen LogP contribution is -1.98. The van der Waals surface area contributed by atoms with Crippen molar-refractivity contribution in [3.8, 4) is 11.6 Å². The Hall–Kier alpha value is -2.47. The van der Waals surface area contributed by atoms with E-state index in [9.17, 15) is 15.2 Å². The van der Waals surface area contributed by atoms with E-state index >= 15 is 0 Å². The molecule has 1 aromatic carbocycles. The molecule has 6 heteroatoms. The first-order chi connectivity index (χ1) is 9.11. The van der Waals surface area contributed by atoms with Crippen LogP contribution in [-0.4, -0.2) is 15.0 Å². The van der Waals surface area contributed by atoms with Crippen LogP contribution in [0.3, 0.4) is 0 Å². The van der Waals surface area contributed by atoms with E-state index in [-0.39, 0.29) is 23.9 Å². The van der Waals surface area contributed by atoms with E-state index in [1.165, 1.54) is 12.3 Å². The van der Waals surface area contributed by atoms with Gasteiger partial charge in [0.25, 0.3) is 0 Å². The molecule has 2 rings (SSSR count). The third-order valence-electron chi connectivity index (χ3n) is 2.54. The SMILES string of the molecule is Cc1ccc([N+](=O)[O-])c(Oc2ncccc2CO)c1. The molecule has 98 valence electrons. The number of benzene rings is 1. The molecule has 0 unspecified atom stereocenters. The molecule has 1 N–H and O–H groups in total. The highest BCUT2D eigenvalue weighted by atomic mass is 16.6. The summed E-state index contributed by atoms with van der Waals surface area (Å²) >= 11 is 0. The number of pyridine rings is 1. The zero-order chi connectivity index (χ0) is 13.8. The molecule has 6 nitrogen and oxygen atoms in total. The number of hydrogen-bond donors (Lipinski definition) is 1. The van der Waals surface area contributed by atoms with E-state index in [0.29, 0.717) is 5.56 Å². The molecule has 0 aliphatic heterocycles. The predicted octanol–water partition coefficient (Wildman–Crippen LogP) is 2.58. The minimum atomic E-state index is -0.518. The van der Waals surface area contributed by atoms with Gasteiger partial charge in [-0.15, -0.1) is 0 Å². The van der Waals surface area contributed by atoms with Crippen molar-refractivity contribution in [3.63, 3.8) is 0 Å². The molecule has 0 aliphatic rings. The number of aliphatic hydroxyl groups is 1. The Balaban J connectivity index is 2.42. The fraction of sp³-hybridized carbons (Fsp3) is 0.154. The normalized spacial score (nSPS) is 10.2. The maximum atomic E-state index is 10.9. The van der Waals surface area contributed by atoms with Crippen LogP contribution in [0, 0.1) is 17.0 Å². The summed E-state index contributed by atoms with van der Waals surface area (Å²) in [6, 6.07) is 7.88. The quantitative estimate of drug-likeness (QED) is 0.674. The first kappa shape index (κ1) is 13.0. The molecular weight excluding hydrogens is 248 g/mol. The van der Waals surface area contributed by atoms with Gasteiger partial charge < -0.3 is 9.84 Å². The van der Waals surface area contributed by atoms with E-state index in [0.717, 1.165) is 5.56 Å². The molecule has 0 saturated heterocycles. The average molecular weight is 260 g/mol. The first-order valence-electron chi connectivity index (χ1n) is 5.59. The maximum Gasteiger partial charge on any atom is 0.311 e. The number of nitro benzene ring substituents is 1. The molecule has 0 saturated carbocycles. The van der Waals surface area contributed by atoms with Gasteiger partial charge in [-0.25, -0.2) is 4.98 Å². The number of nitrogens with zero attached hydrogens (tertiary/aromatic N) is 2. The summed E-state index contributed by atoms with van der Waals surface area (Å²) < 4.78 is 5.46. The molecule has 0 aliphatic carbocycles. The van der Waals surface area contributed by atoms with E-state index in [1.807, 2.05) is 6.92 Å². The van der Waals surface area contributed by atoms with Crippen molar-refractivity contribution in [1.29, 1.82) is 0 Å². The van der Waals surface area contributed by atoms with Crippen molar-refractivity contribution < 1.29 is 14.8 Å². The van der Waals surface area contributed by atoms with E-state index < -0.39 is 4.92 Å². The van der Waals surface area contributed by atoms with Crippen LogP contribution in [0.5, 0.6) is 11.6 Å². The molecule has 0 bridgehead atoms. The number of aryl methyl sites for hydroxylation is 1. The largest absolute Gasteiger partial charge is 0.431 e. The molecule has 0 fully saturated rings. The molecule has 1 heterocycles. The number of rotatable bonds is 4. The minimum absolute atomic E-state index is 0.110. The molecule has 0 atom stereocenters. The van der Waals surface area contributed by atoms with Gasteiger partial charge in [-0.3, -0.25) is 10.1 Å². The summed E-state index contributed by atoms with van der Waals surface area (Å²) in [7, 11) is 0. The van der Waals surface area contributed by atoms with Crippen molar-refractivity contribution in [2.75, 3.05) is 0 Å². The van der Waals surface area contributed by atoms with Crippen molar-refractivity contribution in [2.24, 2.45) is 0 Å².